The van der Waals surface area contributed by atoms with Gasteiger partial charge in [0.25, 0.3) is 11.8 Å². The maximum absolute atomic E-state index is 13.2. The van der Waals surface area contributed by atoms with Crippen LogP contribution in [-0.2, 0) is 43.7 Å². The second-order valence-electron chi connectivity index (χ2n) is 24.8. The summed E-state index contributed by atoms with van der Waals surface area (Å²) >= 11 is 12.7. The summed E-state index contributed by atoms with van der Waals surface area (Å²) in [5, 5.41) is 41.1. The SMILES string of the molecule is O=C1NS(=O)(=O)[C@@H](CO)CCCC[C@H](O)[C@@H]2CC[C@H]2CN2C[C@@]3(CCCc4cc(Cl)ccc43)COc3ccc1cc32.O=C1NS(=O)(=O)[C@H](CO)CCCC[C@H](O)[C@@H]2CC[C@H]2CN2C[C@@]3(CCCc4cc(Cl)ccc43)COc3ccc1cc32.[HH].[HH]. The molecule has 2 amide bonds. The van der Waals surface area contributed by atoms with Gasteiger partial charge in [-0.1, -0.05) is 61.0 Å². The summed E-state index contributed by atoms with van der Waals surface area (Å²) in [4.78, 5) is 31.1. The lowest BCUT2D eigenvalue weighted by Gasteiger charge is -2.45. The number of hydrogen-bond donors (Lipinski definition) is 6. The summed E-state index contributed by atoms with van der Waals surface area (Å²) < 4.78 is 69.4. The molecule has 4 heterocycles. The molecule has 4 aliphatic carbocycles. The van der Waals surface area contributed by atoms with Crippen molar-refractivity contribution in [2.75, 3.05) is 62.4 Å². The van der Waals surface area contributed by atoms with Crippen molar-refractivity contribution < 1.29 is 59.2 Å². The number of aliphatic hydroxyl groups excluding tert-OH is 4. The third-order valence-corrected chi connectivity index (χ3v) is 23.7. The van der Waals surface area contributed by atoms with E-state index in [1.165, 1.54) is 22.3 Å². The van der Waals surface area contributed by atoms with Crippen LogP contribution in [0.15, 0.2) is 72.8 Å². The van der Waals surface area contributed by atoms with E-state index in [9.17, 15) is 46.9 Å². The minimum atomic E-state index is -4.09. The fourth-order valence-electron chi connectivity index (χ4n) is 14.8. The number of aliphatic hydroxyl groups is 4. The van der Waals surface area contributed by atoms with E-state index in [4.69, 9.17) is 32.7 Å². The van der Waals surface area contributed by atoms with Gasteiger partial charge in [-0.2, -0.15) is 0 Å². The average Bonchev–Trinajstić information content (AvgIpc) is 3.05. The molecule has 4 aromatic rings. The first-order valence-electron chi connectivity index (χ1n) is 29.7. The molecule has 2 saturated carbocycles. The van der Waals surface area contributed by atoms with Crippen LogP contribution in [0.25, 0.3) is 0 Å². The van der Waals surface area contributed by atoms with E-state index >= 15 is 0 Å². The number of hydrogen-bond acceptors (Lipinski definition) is 14. The topological polar surface area (TPSA) is 232 Å². The van der Waals surface area contributed by atoms with Gasteiger partial charge in [-0.05, 0) is 196 Å². The molecule has 0 radical (unpaired) electrons. The molecule has 20 heteroatoms. The lowest BCUT2D eigenvalue weighted by atomic mass is 9.68. The molecule has 82 heavy (non-hydrogen) atoms. The number of carbonyl (C=O) groups excluding carboxylic acids is 2. The van der Waals surface area contributed by atoms with Gasteiger partial charge in [0.15, 0.2) is 0 Å². The molecule has 448 valence electrons. The smallest absolute Gasteiger partial charge is 0.264 e. The first kappa shape index (κ1) is 59.1. The number of ether oxygens (including phenoxy) is 2. The number of carbonyl (C=O) groups is 2. The van der Waals surface area contributed by atoms with E-state index in [1.807, 2.05) is 12.1 Å². The highest BCUT2D eigenvalue weighted by Crippen LogP contribution is 2.49. The molecular formula is C62H82Cl2N4O12S2. The van der Waals surface area contributed by atoms with Crippen molar-refractivity contribution in [3.05, 3.63) is 116 Å². The van der Waals surface area contributed by atoms with Crippen LogP contribution in [-0.4, -0.2) is 124 Å². The summed E-state index contributed by atoms with van der Waals surface area (Å²) in [6.45, 7) is 2.64. The predicted octanol–water partition coefficient (Wildman–Crippen LogP) is 8.88. The molecule has 2 fully saturated rings. The van der Waals surface area contributed by atoms with Crippen molar-refractivity contribution in [2.45, 2.75) is 149 Å². The van der Waals surface area contributed by atoms with Crippen LogP contribution in [0.2, 0.25) is 10.0 Å². The van der Waals surface area contributed by atoms with Crippen LogP contribution >= 0.6 is 23.2 Å². The number of amides is 2. The van der Waals surface area contributed by atoms with Crippen molar-refractivity contribution in [1.82, 2.24) is 9.44 Å². The number of nitrogens with zero attached hydrogens (tertiary/aromatic N) is 2. The number of nitrogens with one attached hydrogen (secondary N) is 2. The average molecular weight is 1210 g/mol. The lowest BCUT2D eigenvalue weighted by Crippen LogP contribution is -2.49. The van der Waals surface area contributed by atoms with E-state index < -0.39 is 67.8 Å². The number of rotatable bonds is 2. The van der Waals surface area contributed by atoms with E-state index in [2.05, 4.69) is 43.5 Å². The molecule has 4 bridgehead atoms. The minimum absolute atomic E-state index is 0. The molecule has 0 aromatic heterocycles. The van der Waals surface area contributed by atoms with Crippen LogP contribution in [0.3, 0.4) is 0 Å². The molecule has 4 aliphatic heterocycles. The Morgan fingerprint density at radius 2 is 0.963 bits per heavy atom. The maximum atomic E-state index is 13.2. The zero-order valence-electron chi connectivity index (χ0n) is 46.5. The molecule has 10 atom stereocenters. The fraction of sp³-hybridized carbons (Fsp3) is 0.581. The van der Waals surface area contributed by atoms with Crippen molar-refractivity contribution in [1.29, 1.82) is 0 Å². The number of benzene rings is 4. The van der Waals surface area contributed by atoms with Crippen LogP contribution < -0.4 is 28.7 Å². The molecule has 4 aromatic carbocycles. The Kier molecular flexibility index (Phi) is 17.6. The Morgan fingerprint density at radius 1 is 0.549 bits per heavy atom. The molecule has 0 saturated heterocycles. The van der Waals surface area contributed by atoms with Gasteiger partial charge in [-0.15, -0.1) is 0 Å². The zero-order valence-corrected chi connectivity index (χ0v) is 49.6. The van der Waals surface area contributed by atoms with E-state index in [1.54, 1.807) is 36.4 Å². The van der Waals surface area contributed by atoms with Gasteiger partial charge in [0.2, 0.25) is 20.0 Å². The molecular weight excluding hydrogens is 1130 g/mol. The van der Waals surface area contributed by atoms with Crippen LogP contribution in [0.5, 0.6) is 11.5 Å². The third kappa shape index (κ3) is 12.1. The fourth-order valence-corrected chi connectivity index (χ4v) is 17.7. The molecule has 12 rings (SSSR count). The van der Waals surface area contributed by atoms with E-state index in [0.29, 0.717) is 88.2 Å². The van der Waals surface area contributed by atoms with Crippen molar-refractivity contribution >= 4 is 66.4 Å². The van der Waals surface area contributed by atoms with Gasteiger partial charge >= 0.3 is 0 Å². The molecule has 2 spiro atoms. The second kappa shape index (κ2) is 24.4. The number of aryl methyl sites for hydroxylation is 2. The zero-order chi connectivity index (χ0) is 57.6. The quantitative estimate of drug-likeness (QED) is 0.110. The van der Waals surface area contributed by atoms with Crippen LogP contribution in [0.4, 0.5) is 11.4 Å². The number of anilines is 2. The number of fused-ring (bicyclic) bond motifs is 8. The molecule has 16 nitrogen and oxygen atoms in total. The standard InChI is InChI=1S/2C31H39ClN2O6S.2H2/c2*32-23-9-11-26-20(14-23)4-3-13-31(26)18-34-16-22-7-10-25(22)28(36)6-2-1-5-24(17-35)41(38,39)33-30(37)21-8-12-29(40-19-31)27(34)15-21;;/h2*8-9,11-12,14-15,22,24-25,28,35-36H,1-7,10,13,16-19H2,(H,33,37);2*1H/t22-,24+,25+,28-,31-;22-,24-,25+,28-,31-;;/m00../s1. The monoisotopic (exact) mass is 1210 g/mol. The normalized spacial score (nSPS) is 31.6. The Labute approximate surface area is 495 Å². The van der Waals surface area contributed by atoms with Crippen molar-refractivity contribution in [2.24, 2.45) is 23.7 Å². The van der Waals surface area contributed by atoms with E-state index in [0.717, 1.165) is 98.7 Å². The highest BCUT2D eigenvalue weighted by molar-refractivity contribution is 7.91. The highest BCUT2D eigenvalue weighted by atomic mass is 35.5. The first-order valence-corrected chi connectivity index (χ1v) is 33.5. The van der Waals surface area contributed by atoms with Gasteiger partial charge in [-0.3, -0.25) is 9.59 Å². The summed E-state index contributed by atoms with van der Waals surface area (Å²) in [6.07, 6.45) is 13.0. The van der Waals surface area contributed by atoms with Crippen LogP contribution in [0.1, 0.15) is 149 Å². The van der Waals surface area contributed by atoms with Gasteiger partial charge < -0.3 is 39.7 Å². The Hall–Kier alpha value is -4.66. The molecule has 8 aliphatic rings. The summed E-state index contributed by atoms with van der Waals surface area (Å²) in [5.41, 5.74) is 6.42. The largest absolute Gasteiger partial charge is 0.490 e. The van der Waals surface area contributed by atoms with Gasteiger partial charge in [0.1, 0.15) is 22.0 Å². The lowest BCUT2D eigenvalue weighted by molar-refractivity contribution is 0.00881. The molecule has 0 unspecified atom stereocenters. The number of halogens is 2. The third-order valence-electron chi connectivity index (χ3n) is 19.8. The Bertz CT molecular complexity index is 3060. The summed E-state index contributed by atoms with van der Waals surface area (Å²) in [7, 11) is -8.18. The Morgan fingerprint density at radius 3 is 1.35 bits per heavy atom. The first-order chi connectivity index (χ1) is 39.4. The van der Waals surface area contributed by atoms with Crippen LogP contribution in [0, 0.1) is 23.7 Å². The van der Waals surface area contributed by atoms with Gasteiger partial charge in [-0.25, -0.2) is 26.3 Å². The van der Waals surface area contributed by atoms with Gasteiger partial charge in [0.05, 0.1) is 50.0 Å². The number of sulfonamides is 2. The summed E-state index contributed by atoms with van der Waals surface area (Å²) in [5.74, 6) is 0.843. The van der Waals surface area contributed by atoms with Gasteiger partial charge in [0, 0.05) is 61.0 Å². The highest BCUT2D eigenvalue weighted by Gasteiger charge is 2.47. The van der Waals surface area contributed by atoms with E-state index in [-0.39, 0.29) is 49.5 Å². The molecule has 6 N–H and O–H groups in total. The van der Waals surface area contributed by atoms with Crippen molar-refractivity contribution in [3.8, 4) is 11.5 Å². The summed E-state index contributed by atoms with van der Waals surface area (Å²) in [6, 6.07) is 22.4. The maximum Gasteiger partial charge on any atom is 0.264 e. The Balaban J connectivity index is 0.000000197. The minimum Gasteiger partial charge on any atom is -0.490 e. The second-order valence-corrected chi connectivity index (χ2v) is 29.6. The predicted molar refractivity (Wildman–Crippen MR) is 321 cm³/mol. The van der Waals surface area contributed by atoms with Crippen molar-refractivity contribution in [3.63, 3.8) is 0 Å².